The lowest BCUT2D eigenvalue weighted by Crippen LogP contribution is -2.22. The van der Waals surface area contributed by atoms with Crippen LogP contribution in [0.1, 0.15) is 22.1 Å². The smallest absolute Gasteiger partial charge is 0.193 e. The maximum absolute atomic E-state index is 13.7. The number of H-pyrrole nitrogens is 1. The van der Waals surface area contributed by atoms with Crippen molar-refractivity contribution in [3.63, 3.8) is 0 Å². The average Bonchev–Trinajstić information content (AvgIpc) is 3.41. The summed E-state index contributed by atoms with van der Waals surface area (Å²) in [6.07, 6.45) is 3.64. The van der Waals surface area contributed by atoms with Crippen LogP contribution in [0.25, 0.3) is 16.4 Å². The lowest BCUT2D eigenvalue weighted by atomic mass is 10.0. The van der Waals surface area contributed by atoms with Crippen LogP contribution in [0.15, 0.2) is 85.2 Å². The molecule has 1 atom stereocenters. The second kappa shape index (κ2) is 7.40. The number of nitrogens with one attached hydrogen (secondary N) is 2. The normalized spacial score (nSPS) is 12.2. The Morgan fingerprint density at radius 3 is 2.80 bits per heavy atom. The summed E-state index contributed by atoms with van der Waals surface area (Å²) in [5.41, 5.74) is 3.92. The molecule has 3 aromatic heterocycles. The number of benzene rings is 2. The minimum atomic E-state index is -0.656. The van der Waals surface area contributed by atoms with Gasteiger partial charge in [0.1, 0.15) is 11.8 Å². The highest BCUT2D eigenvalue weighted by Gasteiger charge is 2.27. The first-order valence-corrected chi connectivity index (χ1v) is 9.68. The number of Topliss-reactive ketones (excluding diaryl/α,β-unsaturated/α-hetero) is 1. The van der Waals surface area contributed by atoms with Gasteiger partial charge in [0, 0.05) is 40.6 Å². The zero-order valence-corrected chi connectivity index (χ0v) is 16.4. The molecule has 2 N–H and O–H groups in total. The van der Waals surface area contributed by atoms with E-state index in [9.17, 15) is 4.79 Å². The van der Waals surface area contributed by atoms with Crippen LogP contribution in [0.2, 0.25) is 0 Å². The number of aromatic amines is 1. The second-order valence-electron chi connectivity index (χ2n) is 7.06. The largest absolute Gasteiger partial charge is 0.497 e. The predicted octanol–water partition coefficient (Wildman–Crippen LogP) is 4.86. The van der Waals surface area contributed by atoms with E-state index in [4.69, 9.17) is 4.74 Å². The number of carbonyl (C=O) groups is 1. The Morgan fingerprint density at radius 1 is 1.07 bits per heavy atom. The Morgan fingerprint density at radius 2 is 1.93 bits per heavy atom. The van der Waals surface area contributed by atoms with Crippen molar-refractivity contribution in [2.75, 3.05) is 12.4 Å². The first-order chi connectivity index (χ1) is 14.7. The van der Waals surface area contributed by atoms with Crippen LogP contribution >= 0.6 is 0 Å². The van der Waals surface area contributed by atoms with Gasteiger partial charge in [0.2, 0.25) is 0 Å². The molecule has 0 aliphatic heterocycles. The molecule has 0 aliphatic rings. The number of pyridine rings is 1. The first kappa shape index (κ1) is 18.0. The maximum Gasteiger partial charge on any atom is 0.193 e. The van der Waals surface area contributed by atoms with Crippen molar-refractivity contribution in [1.29, 1.82) is 0 Å². The summed E-state index contributed by atoms with van der Waals surface area (Å²) < 4.78 is 7.11. The fourth-order valence-electron chi connectivity index (χ4n) is 3.68. The standard InChI is InChI=1S/C24H20N4O2/c1-30-18-9-6-7-16(13-18)26-23(22-14-17-8-4-5-12-28(17)27-22)24(29)20-15-25-21-11-3-2-10-19(20)21/h2-15,23,25-26H,1H3. The molecule has 30 heavy (non-hydrogen) atoms. The first-order valence-electron chi connectivity index (χ1n) is 9.68. The predicted molar refractivity (Wildman–Crippen MR) is 117 cm³/mol. The summed E-state index contributed by atoms with van der Waals surface area (Å²) in [4.78, 5) is 16.9. The van der Waals surface area contributed by atoms with Gasteiger partial charge in [-0.1, -0.05) is 30.3 Å². The average molecular weight is 396 g/mol. The van der Waals surface area contributed by atoms with Crippen LogP contribution in [0.3, 0.4) is 0 Å². The number of para-hydroxylation sites is 1. The van der Waals surface area contributed by atoms with E-state index in [0.717, 1.165) is 22.1 Å². The Bertz CT molecular complexity index is 1320. The van der Waals surface area contributed by atoms with E-state index in [0.29, 0.717) is 17.0 Å². The van der Waals surface area contributed by atoms with Gasteiger partial charge in [-0.2, -0.15) is 5.10 Å². The van der Waals surface area contributed by atoms with Gasteiger partial charge in [-0.05, 0) is 36.4 Å². The van der Waals surface area contributed by atoms with Crippen molar-refractivity contribution < 1.29 is 9.53 Å². The van der Waals surface area contributed by atoms with Crippen LogP contribution in [-0.4, -0.2) is 27.5 Å². The molecular weight excluding hydrogens is 376 g/mol. The van der Waals surface area contributed by atoms with Crippen molar-refractivity contribution >= 4 is 27.9 Å². The number of ether oxygens (including phenoxy) is 1. The topological polar surface area (TPSA) is 71.4 Å². The third kappa shape index (κ3) is 3.18. The van der Waals surface area contributed by atoms with E-state index in [1.54, 1.807) is 17.8 Å². The number of aromatic nitrogens is 3. The molecule has 5 rings (SSSR count). The highest BCUT2D eigenvalue weighted by Crippen LogP contribution is 2.29. The summed E-state index contributed by atoms with van der Waals surface area (Å²) in [6, 6.07) is 22.4. The monoisotopic (exact) mass is 396 g/mol. The minimum Gasteiger partial charge on any atom is -0.497 e. The second-order valence-corrected chi connectivity index (χ2v) is 7.06. The van der Waals surface area contributed by atoms with Gasteiger partial charge in [0.15, 0.2) is 5.78 Å². The zero-order valence-electron chi connectivity index (χ0n) is 16.4. The summed E-state index contributed by atoms with van der Waals surface area (Å²) >= 11 is 0. The highest BCUT2D eigenvalue weighted by molar-refractivity contribution is 6.11. The maximum atomic E-state index is 13.7. The molecule has 2 aromatic carbocycles. The number of fused-ring (bicyclic) bond motifs is 2. The van der Waals surface area contributed by atoms with Crippen molar-refractivity contribution in [1.82, 2.24) is 14.6 Å². The molecule has 0 aliphatic carbocycles. The van der Waals surface area contributed by atoms with Crippen LogP contribution in [-0.2, 0) is 0 Å². The number of hydrogen-bond acceptors (Lipinski definition) is 4. The van der Waals surface area contributed by atoms with Gasteiger partial charge in [-0.15, -0.1) is 0 Å². The van der Waals surface area contributed by atoms with E-state index in [1.165, 1.54) is 0 Å². The number of nitrogens with zero attached hydrogens (tertiary/aromatic N) is 2. The molecule has 0 spiro atoms. The Kier molecular flexibility index (Phi) is 4.44. The molecule has 0 saturated carbocycles. The van der Waals surface area contributed by atoms with Gasteiger partial charge < -0.3 is 15.0 Å². The van der Waals surface area contributed by atoms with E-state index < -0.39 is 6.04 Å². The van der Waals surface area contributed by atoms with Crippen LogP contribution in [0.5, 0.6) is 5.75 Å². The molecule has 1 unspecified atom stereocenters. The van der Waals surface area contributed by atoms with Crippen LogP contribution < -0.4 is 10.1 Å². The molecule has 6 nitrogen and oxygen atoms in total. The zero-order chi connectivity index (χ0) is 20.5. The molecule has 0 amide bonds. The van der Waals surface area contributed by atoms with Crippen molar-refractivity contribution in [3.8, 4) is 5.75 Å². The summed E-state index contributed by atoms with van der Waals surface area (Å²) in [7, 11) is 1.62. The van der Waals surface area contributed by atoms with Crippen molar-refractivity contribution in [2.24, 2.45) is 0 Å². The summed E-state index contributed by atoms with van der Waals surface area (Å²) in [5, 5.41) is 8.91. The lowest BCUT2D eigenvalue weighted by molar-refractivity contribution is 0.0969. The van der Waals surface area contributed by atoms with E-state index in [1.807, 2.05) is 79.0 Å². The van der Waals surface area contributed by atoms with Crippen molar-refractivity contribution in [2.45, 2.75) is 6.04 Å². The Balaban J connectivity index is 1.60. The molecule has 0 fully saturated rings. The minimum absolute atomic E-state index is 0.0568. The van der Waals surface area contributed by atoms with Gasteiger partial charge in [0.05, 0.1) is 18.3 Å². The van der Waals surface area contributed by atoms with Gasteiger partial charge >= 0.3 is 0 Å². The van der Waals surface area contributed by atoms with Gasteiger partial charge in [0.25, 0.3) is 0 Å². The summed E-state index contributed by atoms with van der Waals surface area (Å²) in [6.45, 7) is 0. The number of ketones is 1. The fourth-order valence-corrected chi connectivity index (χ4v) is 3.68. The Labute approximate surface area is 173 Å². The van der Waals surface area contributed by atoms with Crippen LogP contribution in [0.4, 0.5) is 5.69 Å². The van der Waals surface area contributed by atoms with E-state index >= 15 is 0 Å². The number of rotatable bonds is 6. The number of hydrogen-bond donors (Lipinski definition) is 2. The third-order valence-electron chi connectivity index (χ3n) is 5.18. The number of anilines is 1. The van der Waals surface area contributed by atoms with Gasteiger partial charge in [-0.25, -0.2) is 4.52 Å². The number of carbonyl (C=O) groups excluding carboxylic acids is 1. The molecule has 6 heteroatoms. The third-order valence-corrected chi connectivity index (χ3v) is 5.18. The molecule has 3 heterocycles. The lowest BCUT2D eigenvalue weighted by Gasteiger charge is -2.17. The van der Waals surface area contributed by atoms with E-state index in [-0.39, 0.29) is 5.78 Å². The summed E-state index contributed by atoms with van der Waals surface area (Å²) in [5.74, 6) is 0.659. The quantitative estimate of drug-likeness (QED) is 0.402. The fraction of sp³-hybridized carbons (Fsp3) is 0.0833. The van der Waals surface area contributed by atoms with Crippen LogP contribution in [0, 0.1) is 0 Å². The molecule has 0 radical (unpaired) electrons. The number of methoxy groups -OCH3 is 1. The highest BCUT2D eigenvalue weighted by atomic mass is 16.5. The van der Waals surface area contributed by atoms with E-state index in [2.05, 4.69) is 15.4 Å². The van der Waals surface area contributed by atoms with Gasteiger partial charge in [-0.3, -0.25) is 4.79 Å². The SMILES string of the molecule is COc1cccc(NC(C(=O)c2c[nH]c3ccccc23)c2cc3ccccn3n2)c1. The molecule has 148 valence electrons. The molecule has 0 bridgehead atoms. The Hall–Kier alpha value is -4.06. The molecular formula is C24H20N4O2. The molecule has 5 aromatic rings. The van der Waals surface area contributed by atoms with Crippen molar-refractivity contribution in [3.05, 3.63) is 96.4 Å². The molecule has 0 saturated heterocycles.